The predicted octanol–water partition coefficient (Wildman–Crippen LogP) is 16.0. The van der Waals surface area contributed by atoms with Gasteiger partial charge in [-0.25, -0.2) is 0 Å². The zero-order valence-electron chi connectivity index (χ0n) is 31.2. The molecule has 58 heavy (non-hydrogen) atoms. The molecule has 0 aliphatic carbocycles. The SMILES string of the molecule is c1ccc(-n2c3ccccc3c3c(-c4ccc5c(c4)c4ccccc4n5-c4cc(-c5cccc6c5sc5ccccc56)c5sc6ccccc6c5c4)cccc32)cc1. The number of fused-ring (bicyclic) bond motifs is 12. The number of rotatable bonds is 4. The average molecular weight is 773 g/mol. The fraction of sp³-hybridized carbons (Fsp3) is 0. The van der Waals surface area contributed by atoms with Crippen LogP contribution in [0.2, 0.25) is 0 Å². The van der Waals surface area contributed by atoms with E-state index in [2.05, 4.69) is 203 Å². The summed E-state index contributed by atoms with van der Waals surface area (Å²) < 4.78 is 10.2. The van der Waals surface area contributed by atoms with Crippen molar-refractivity contribution in [1.29, 1.82) is 0 Å². The first-order valence-electron chi connectivity index (χ1n) is 19.8. The number of para-hydroxylation sites is 3. The predicted molar refractivity (Wildman–Crippen MR) is 252 cm³/mol. The van der Waals surface area contributed by atoms with Crippen molar-refractivity contribution in [1.82, 2.24) is 9.13 Å². The van der Waals surface area contributed by atoms with Crippen LogP contribution in [0, 0.1) is 0 Å². The molecule has 0 unspecified atom stereocenters. The maximum atomic E-state index is 2.50. The lowest BCUT2D eigenvalue weighted by atomic mass is 9.98. The van der Waals surface area contributed by atoms with E-state index in [0.29, 0.717) is 0 Å². The molecule has 0 N–H and O–H groups in total. The van der Waals surface area contributed by atoms with E-state index in [0.717, 1.165) is 0 Å². The Morgan fingerprint density at radius 1 is 0.293 bits per heavy atom. The molecule has 0 radical (unpaired) electrons. The number of aromatic nitrogens is 2. The molecule has 0 amide bonds. The van der Waals surface area contributed by atoms with E-state index in [1.807, 2.05) is 22.7 Å². The van der Waals surface area contributed by atoms with Crippen LogP contribution in [0.25, 0.3) is 118 Å². The molecule has 0 atom stereocenters. The number of hydrogen-bond donors (Lipinski definition) is 0. The summed E-state index contributed by atoms with van der Waals surface area (Å²) in [6.45, 7) is 0. The lowest BCUT2D eigenvalue weighted by molar-refractivity contribution is 1.18. The Balaban J connectivity index is 1.08. The van der Waals surface area contributed by atoms with E-state index < -0.39 is 0 Å². The van der Waals surface area contributed by atoms with Crippen LogP contribution in [-0.4, -0.2) is 9.13 Å². The molecule has 0 aliphatic heterocycles. The van der Waals surface area contributed by atoms with Crippen molar-refractivity contribution in [2.45, 2.75) is 0 Å². The second-order valence-electron chi connectivity index (χ2n) is 15.2. The van der Waals surface area contributed by atoms with Crippen molar-refractivity contribution in [2.24, 2.45) is 0 Å². The summed E-state index contributed by atoms with van der Waals surface area (Å²) in [5.74, 6) is 0. The zero-order valence-corrected chi connectivity index (χ0v) is 32.8. The first kappa shape index (κ1) is 32.1. The van der Waals surface area contributed by atoms with Crippen molar-refractivity contribution < 1.29 is 0 Å². The van der Waals surface area contributed by atoms with Gasteiger partial charge < -0.3 is 9.13 Å². The quantitative estimate of drug-likeness (QED) is 0.169. The molecule has 0 fully saturated rings. The molecule has 13 aromatic rings. The fourth-order valence-electron chi connectivity index (χ4n) is 9.63. The third-order valence-electron chi connectivity index (χ3n) is 12.1. The first-order valence-corrected chi connectivity index (χ1v) is 21.4. The molecule has 4 heterocycles. The lowest BCUT2D eigenvalue weighted by Crippen LogP contribution is -1.95. The second kappa shape index (κ2) is 12.3. The van der Waals surface area contributed by atoms with Gasteiger partial charge in [0, 0.05) is 84.4 Å². The molecule has 0 bridgehead atoms. The molecule has 9 aromatic carbocycles. The molecule has 2 nitrogen and oxygen atoms in total. The van der Waals surface area contributed by atoms with E-state index in [1.54, 1.807) is 0 Å². The van der Waals surface area contributed by atoms with Crippen LogP contribution in [0.5, 0.6) is 0 Å². The normalized spacial score (nSPS) is 12.1. The molecular weight excluding hydrogens is 741 g/mol. The third-order valence-corrected chi connectivity index (χ3v) is 14.6. The van der Waals surface area contributed by atoms with Gasteiger partial charge in [-0.2, -0.15) is 0 Å². The Bertz CT molecular complexity index is 3800. The molecule has 0 spiro atoms. The van der Waals surface area contributed by atoms with Crippen molar-refractivity contribution in [3.63, 3.8) is 0 Å². The maximum Gasteiger partial charge on any atom is 0.0547 e. The van der Waals surface area contributed by atoms with Crippen LogP contribution in [-0.2, 0) is 0 Å². The van der Waals surface area contributed by atoms with E-state index in [4.69, 9.17) is 0 Å². The highest BCUT2D eigenvalue weighted by atomic mass is 32.1. The molecule has 13 rings (SSSR count). The van der Waals surface area contributed by atoms with Crippen LogP contribution in [0.3, 0.4) is 0 Å². The Hall–Kier alpha value is -6.98. The largest absolute Gasteiger partial charge is 0.309 e. The standard InChI is InChI=1S/C54H32N2S2/c1-2-14-34(15-3-1)55-47-24-9-5-19-42(47)52-36(20-13-25-49(52)55)33-28-29-48-43(30-33)37-16-4-8-23-46(37)56(48)35-31-44-39-18-7-11-27-51(39)58-54(44)45(32-35)41-22-12-21-40-38-17-6-10-26-50(38)57-53(40)41/h1-32H. The van der Waals surface area contributed by atoms with Crippen molar-refractivity contribution >= 4 is 107 Å². The Morgan fingerprint density at radius 3 is 1.64 bits per heavy atom. The molecule has 270 valence electrons. The van der Waals surface area contributed by atoms with Gasteiger partial charge in [-0.3, -0.25) is 0 Å². The number of hydrogen-bond acceptors (Lipinski definition) is 2. The fourth-order valence-corrected chi connectivity index (χ4v) is 12.1. The highest BCUT2D eigenvalue weighted by Gasteiger charge is 2.21. The van der Waals surface area contributed by atoms with Crippen molar-refractivity contribution in [3.8, 4) is 33.6 Å². The number of benzene rings is 9. The summed E-state index contributed by atoms with van der Waals surface area (Å²) in [6, 6.07) is 71.8. The van der Waals surface area contributed by atoms with Crippen LogP contribution in [0.1, 0.15) is 0 Å². The zero-order chi connectivity index (χ0) is 37.9. The van der Waals surface area contributed by atoms with Crippen LogP contribution in [0.4, 0.5) is 0 Å². The minimum atomic E-state index is 1.17. The molecule has 4 aromatic heterocycles. The van der Waals surface area contributed by atoms with Crippen LogP contribution < -0.4 is 0 Å². The lowest BCUT2D eigenvalue weighted by Gasteiger charge is -2.13. The van der Waals surface area contributed by atoms with E-state index in [9.17, 15) is 0 Å². The first-order chi connectivity index (χ1) is 28.8. The van der Waals surface area contributed by atoms with Gasteiger partial charge in [-0.1, -0.05) is 127 Å². The summed E-state index contributed by atoms with van der Waals surface area (Å²) in [4.78, 5) is 0. The summed E-state index contributed by atoms with van der Waals surface area (Å²) in [5.41, 5.74) is 12.2. The Morgan fingerprint density at radius 2 is 0.845 bits per heavy atom. The van der Waals surface area contributed by atoms with Gasteiger partial charge >= 0.3 is 0 Å². The topological polar surface area (TPSA) is 9.86 Å². The molecule has 4 heteroatoms. The van der Waals surface area contributed by atoms with Crippen molar-refractivity contribution in [3.05, 3.63) is 194 Å². The molecule has 0 saturated heterocycles. The average Bonchev–Trinajstić information content (AvgIpc) is 4.04. The Labute approximate surface area is 341 Å². The van der Waals surface area contributed by atoms with E-state index in [1.165, 1.54) is 118 Å². The van der Waals surface area contributed by atoms with Gasteiger partial charge in [0.1, 0.15) is 0 Å². The van der Waals surface area contributed by atoms with Gasteiger partial charge in [-0.15, -0.1) is 22.7 Å². The summed E-state index contributed by atoms with van der Waals surface area (Å²) >= 11 is 3.81. The summed E-state index contributed by atoms with van der Waals surface area (Å²) in [6.07, 6.45) is 0. The van der Waals surface area contributed by atoms with E-state index >= 15 is 0 Å². The van der Waals surface area contributed by atoms with Gasteiger partial charge in [-0.05, 0) is 77.9 Å². The molecule has 0 saturated carbocycles. The van der Waals surface area contributed by atoms with Crippen LogP contribution in [0.15, 0.2) is 194 Å². The molecular formula is C54H32N2S2. The summed E-state index contributed by atoms with van der Waals surface area (Å²) in [7, 11) is 0. The summed E-state index contributed by atoms with van der Waals surface area (Å²) in [5, 5.41) is 10.3. The Kier molecular flexibility index (Phi) is 6.79. The number of nitrogens with zero attached hydrogens (tertiary/aromatic N) is 2. The van der Waals surface area contributed by atoms with Gasteiger partial charge in [0.2, 0.25) is 0 Å². The highest BCUT2D eigenvalue weighted by Crippen LogP contribution is 2.48. The van der Waals surface area contributed by atoms with Gasteiger partial charge in [0.25, 0.3) is 0 Å². The third kappa shape index (κ3) is 4.53. The van der Waals surface area contributed by atoms with Gasteiger partial charge in [0.05, 0.1) is 22.1 Å². The number of thiophene rings is 2. The van der Waals surface area contributed by atoms with E-state index in [-0.39, 0.29) is 0 Å². The van der Waals surface area contributed by atoms with Crippen molar-refractivity contribution in [2.75, 3.05) is 0 Å². The maximum absolute atomic E-state index is 2.50. The highest BCUT2D eigenvalue weighted by molar-refractivity contribution is 7.27. The minimum absolute atomic E-state index is 1.17. The smallest absolute Gasteiger partial charge is 0.0547 e. The minimum Gasteiger partial charge on any atom is -0.309 e. The molecule has 0 aliphatic rings. The van der Waals surface area contributed by atoms with Crippen LogP contribution >= 0.6 is 22.7 Å². The van der Waals surface area contributed by atoms with Gasteiger partial charge in [0.15, 0.2) is 0 Å². The second-order valence-corrected chi connectivity index (χ2v) is 17.3. The monoisotopic (exact) mass is 772 g/mol.